The molecular weight excluding hydrogens is 310 g/mol. The van der Waals surface area contributed by atoms with Gasteiger partial charge in [0.2, 0.25) is 0 Å². The first-order valence-electron chi connectivity index (χ1n) is 8.49. The fraction of sp³-hybridized carbons (Fsp3) is 0.765. The maximum absolute atomic E-state index is 12.5. The van der Waals surface area contributed by atoms with Crippen LogP contribution < -0.4 is 5.32 Å². The van der Waals surface area contributed by atoms with Crippen LogP contribution in [-0.4, -0.2) is 46.2 Å². The largest absolute Gasteiger partial charge is 0.361 e. The summed E-state index contributed by atoms with van der Waals surface area (Å²) in [5, 5.41) is 7.79. The normalized spacial score (nSPS) is 22.1. The zero-order chi connectivity index (χ0) is 17.0. The number of carbonyl (C=O) groups is 1. The first-order chi connectivity index (χ1) is 10.9. The number of nitrogens with one attached hydrogen (secondary N) is 1. The summed E-state index contributed by atoms with van der Waals surface area (Å²) in [6.07, 6.45) is 4.19. The van der Waals surface area contributed by atoms with Crippen LogP contribution in [0.5, 0.6) is 0 Å². The third kappa shape index (κ3) is 4.66. The molecule has 5 nitrogen and oxygen atoms in total. The van der Waals surface area contributed by atoms with E-state index in [1.54, 1.807) is 0 Å². The molecule has 0 unspecified atom stereocenters. The first-order valence-corrected chi connectivity index (χ1v) is 9.53. The highest BCUT2D eigenvalue weighted by Crippen LogP contribution is 2.32. The van der Waals surface area contributed by atoms with Crippen molar-refractivity contribution < 1.29 is 9.32 Å². The lowest BCUT2D eigenvalue weighted by molar-refractivity contribution is 0.187. The predicted molar refractivity (Wildman–Crippen MR) is 95.0 cm³/mol. The molecule has 1 aliphatic carbocycles. The van der Waals surface area contributed by atoms with Crippen molar-refractivity contribution in [2.75, 3.05) is 12.8 Å². The summed E-state index contributed by atoms with van der Waals surface area (Å²) < 4.78 is 5.19. The number of rotatable bonds is 6. The lowest BCUT2D eigenvalue weighted by atomic mass is 10.1. The fourth-order valence-electron chi connectivity index (χ4n) is 3.29. The summed E-state index contributed by atoms with van der Waals surface area (Å²) in [6.45, 7) is 8.09. The van der Waals surface area contributed by atoms with Crippen LogP contribution in [-0.2, 0) is 6.42 Å². The highest BCUT2D eigenvalue weighted by molar-refractivity contribution is 7.99. The molecule has 0 aromatic carbocycles. The van der Waals surface area contributed by atoms with E-state index in [0.717, 1.165) is 42.0 Å². The van der Waals surface area contributed by atoms with Crippen LogP contribution in [0, 0.1) is 13.8 Å². The molecule has 1 heterocycles. The topological polar surface area (TPSA) is 58.4 Å². The Bertz CT molecular complexity index is 512. The molecular formula is C17H29N3O2S. The van der Waals surface area contributed by atoms with Crippen LogP contribution in [0.4, 0.5) is 4.79 Å². The molecule has 0 aliphatic heterocycles. The van der Waals surface area contributed by atoms with Crippen LogP contribution in [0.15, 0.2) is 4.52 Å². The van der Waals surface area contributed by atoms with E-state index in [2.05, 4.69) is 17.4 Å². The van der Waals surface area contributed by atoms with Gasteiger partial charge >= 0.3 is 6.03 Å². The molecule has 1 N–H and O–H groups in total. The van der Waals surface area contributed by atoms with Crippen molar-refractivity contribution in [2.45, 2.75) is 70.7 Å². The zero-order valence-corrected chi connectivity index (χ0v) is 15.7. The molecule has 6 heteroatoms. The van der Waals surface area contributed by atoms with Gasteiger partial charge in [0.15, 0.2) is 0 Å². The smallest absolute Gasteiger partial charge is 0.317 e. The quantitative estimate of drug-likeness (QED) is 0.861. The van der Waals surface area contributed by atoms with Crippen LogP contribution in [0.3, 0.4) is 0 Å². The first kappa shape index (κ1) is 18.2. The van der Waals surface area contributed by atoms with Gasteiger partial charge in [-0.1, -0.05) is 12.1 Å². The second kappa shape index (κ2) is 8.08. The Labute approximate surface area is 143 Å². The van der Waals surface area contributed by atoms with E-state index in [0.29, 0.717) is 11.3 Å². The molecule has 1 aliphatic rings. The number of nitrogens with zero attached hydrogens (tertiary/aromatic N) is 2. The summed E-state index contributed by atoms with van der Waals surface area (Å²) in [7, 11) is 1.92. The van der Waals surface area contributed by atoms with Crippen molar-refractivity contribution in [3.8, 4) is 0 Å². The lowest BCUT2D eigenvalue weighted by Crippen LogP contribution is -2.46. The number of amides is 2. The second-order valence-corrected chi connectivity index (χ2v) is 8.09. The summed E-state index contributed by atoms with van der Waals surface area (Å²) in [5.74, 6) is 1.99. The van der Waals surface area contributed by atoms with Gasteiger partial charge in [-0.25, -0.2) is 4.79 Å². The molecule has 2 amide bonds. The van der Waals surface area contributed by atoms with Gasteiger partial charge in [0.05, 0.1) is 5.69 Å². The highest BCUT2D eigenvalue weighted by Gasteiger charge is 2.30. The van der Waals surface area contributed by atoms with E-state index in [1.165, 1.54) is 6.42 Å². The number of hydrogen-bond donors (Lipinski definition) is 1. The van der Waals surface area contributed by atoms with Crippen molar-refractivity contribution in [3.63, 3.8) is 0 Å². The van der Waals surface area contributed by atoms with Crippen molar-refractivity contribution in [1.82, 2.24) is 15.4 Å². The highest BCUT2D eigenvalue weighted by atomic mass is 32.2. The lowest BCUT2D eigenvalue weighted by Gasteiger charge is -2.27. The average molecular weight is 340 g/mol. The van der Waals surface area contributed by atoms with Crippen LogP contribution in [0.1, 0.15) is 50.1 Å². The third-order valence-electron chi connectivity index (χ3n) is 4.69. The molecule has 1 saturated carbocycles. The number of thioether (sulfide) groups is 1. The average Bonchev–Trinajstić information content (AvgIpc) is 3.09. The van der Waals surface area contributed by atoms with Crippen LogP contribution in [0.2, 0.25) is 0 Å². The molecule has 1 aromatic heterocycles. The summed E-state index contributed by atoms with van der Waals surface area (Å²) in [4.78, 5) is 14.4. The van der Waals surface area contributed by atoms with E-state index >= 15 is 0 Å². The maximum atomic E-state index is 12.5. The van der Waals surface area contributed by atoms with Crippen molar-refractivity contribution >= 4 is 17.8 Å². The number of hydrogen-bond acceptors (Lipinski definition) is 4. The Morgan fingerprint density at radius 2 is 2.22 bits per heavy atom. The van der Waals surface area contributed by atoms with Gasteiger partial charge in [-0.2, -0.15) is 11.8 Å². The Balaban J connectivity index is 1.84. The van der Waals surface area contributed by atoms with Gasteiger partial charge in [-0.3, -0.25) is 0 Å². The minimum absolute atomic E-state index is 0.0245. The molecule has 23 heavy (non-hydrogen) atoms. The number of carbonyl (C=O) groups excluding carboxylic acids is 1. The molecule has 2 rings (SSSR count). The maximum Gasteiger partial charge on any atom is 0.317 e. The van der Waals surface area contributed by atoms with Gasteiger partial charge in [0.1, 0.15) is 5.76 Å². The molecule has 0 radical (unpaired) electrons. The Kier molecular flexibility index (Phi) is 6.39. The Morgan fingerprint density at radius 1 is 1.48 bits per heavy atom. The molecule has 1 aromatic rings. The standard InChI is InChI=1S/C17H29N3O2S/c1-6-23-15-8-7-14(10-15)20(5)17(21)18-11(2)9-16-12(3)19-22-13(16)4/h11,14-15H,6-10H2,1-5H3,(H,18,21)/t11-,14-,15+/m0/s1. The van der Waals surface area contributed by atoms with Crippen molar-refractivity contribution in [3.05, 3.63) is 17.0 Å². The SMILES string of the molecule is CCS[C@@H]1CC[C@H](N(C)C(=O)N[C@@H](C)Cc2c(C)noc2C)C1. The second-order valence-electron chi connectivity index (χ2n) is 6.51. The van der Waals surface area contributed by atoms with Crippen LogP contribution in [0.25, 0.3) is 0 Å². The third-order valence-corrected chi connectivity index (χ3v) is 5.92. The summed E-state index contributed by atoms with van der Waals surface area (Å²) in [6, 6.07) is 0.450. The van der Waals surface area contributed by atoms with E-state index in [1.807, 2.05) is 44.5 Å². The Hall–Kier alpha value is -1.17. The number of urea groups is 1. The molecule has 0 spiro atoms. The predicted octanol–water partition coefficient (Wildman–Crippen LogP) is 3.54. The zero-order valence-electron chi connectivity index (χ0n) is 14.9. The summed E-state index contributed by atoms with van der Waals surface area (Å²) in [5.41, 5.74) is 2.01. The minimum atomic E-state index is 0.0245. The van der Waals surface area contributed by atoms with Gasteiger partial charge < -0.3 is 14.7 Å². The van der Waals surface area contributed by atoms with Gasteiger partial charge in [0, 0.05) is 29.9 Å². The van der Waals surface area contributed by atoms with E-state index in [4.69, 9.17) is 4.52 Å². The number of aromatic nitrogens is 1. The van der Waals surface area contributed by atoms with Crippen molar-refractivity contribution in [2.24, 2.45) is 0 Å². The monoisotopic (exact) mass is 339 g/mol. The van der Waals surface area contributed by atoms with Gasteiger partial charge in [-0.05, 0) is 52.2 Å². The number of aryl methyl sites for hydroxylation is 2. The minimum Gasteiger partial charge on any atom is -0.361 e. The molecule has 0 saturated heterocycles. The van der Waals surface area contributed by atoms with E-state index < -0.39 is 0 Å². The molecule has 130 valence electrons. The van der Waals surface area contributed by atoms with E-state index in [-0.39, 0.29) is 12.1 Å². The van der Waals surface area contributed by atoms with Gasteiger partial charge in [0.25, 0.3) is 0 Å². The fourth-order valence-corrected chi connectivity index (χ4v) is 4.42. The van der Waals surface area contributed by atoms with Crippen molar-refractivity contribution in [1.29, 1.82) is 0 Å². The molecule has 3 atom stereocenters. The van der Waals surface area contributed by atoms with E-state index in [9.17, 15) is 4.79 Å². The molecule has 1 fully saturated rings. The summed E-state index contributed by atoms with van der Waals surface area (Å²) >= 11 is 2.02. The molecule has 0 bridgehead atoms. The van der Waals surface area contributed by atoms with Crippen LogP contribution >= 0.6 is 11.8 Å². The Morgan fingerprint density at radius 3 is 2.83 bits per heavy atom. The van der Waals surface area contributed by atoms with Gasteiger partial charge in [-0.15, -0.1) is 0 Å².